The van der Waals surface area contributed by atoms with Crippen molar-refractivity contribution < 1.29 is 8.78 Å². The summed E-state index contributed by atoms with van der Waals surface area (Å²) >= 11 is 8.88. The van der Waals surface area contributed by atoms with Crippen molar-refractivity contribution in [2.24, 2.45) is 0 Å². The van der Waals surface area contributed by atoms with Crippen LogP contribution in [0.4, 0.5) is 14.6 Å². The van der Waals surface area contributed by atoms with Gasteiger partial charge in [0.25, 0.3) is 0 Å². The first-order valence-electron chi connectivity index (χ1n) is 5.05. The molecule has 1 heterocycles. The average molecular weight is 334 g/mol. The molecule has 2 nitrogen and oxygen atoms in total. The zero-order valence-corrected chi connectivity index (χ0v) is 11.4. The van der Waals surface area contributed by atoms with Gasteiger partial charge in [0.15, 0.2) is 11.6 Å². The Bertz CT molecular complexity index is 578. The Hall–Kier alpha value is -1.20. The second-order valence-corrected chi connectivity index (χ2v) is 4.86. The van der Waals surface area contributed by atoms with Gasteiger partial charge in [-0.15, -0.1) is 0 Å². The summed E-state index contributed by atoms with van der Waals surface area (Å²) in [6.45, 7) is 0.254. The zero-order chi connectivity index (χ0) is 13.1. The Morgan fingerprint density at radius 3 is 2.78 bits per heavy atom. The summed E-state index contributed by atoms with van der Waals surface area (Å²) in [5, 5.41) is 3.01. The van der Waals surface area contributed by atoms with Crippen LogP contribution in [0.5, 0.6) is 0 Å². The lowest BCUT2D eigenvalue weighted by Crippen LogP contribution is -2.04. The first-order chi connectivity index (χ1) is 8.56. The molecule has 0 radical (unpaired) electrons. The predicted molar refractivity (Wildman–Crippen MR) is 70.6 cm³/mol. The van der Waals surface area contributed by atoms with Gasteiger partial charge >= 0.3 is 0 Å². The van der Waals surface area contributed by atoms with Gasteiger partial charge in [0, 0.05) is 17.2 Å². The molecule has 0 saturated carbocycles. The first-order valence-corrected chi connectivity index (χ1v) is 6.22. The standard InChI is InChI=1S/C12H8BrClF2N2/c13-10-2-1-9(15)3-7(10)5-17-12-11(16)4-8(14)6-18-12/h1-4,6H,5H2,(H,17,18). The minimum atomic E-state index is -0.546. The van der Waals surface area contributed by atoms with Crippen molar-refractivity contribution in [3.63, 3.8) is 0 Å². The maximum atomic E-state index is 13.4. The highest BCUT2D eigenvalue weighted by Crippen LogP contribution is 2.20. The third-order valence-corrected chi connectivity index (χ3v) is 3.24. The maximum absolute atomic E-state index is 13.4. The topological polar surface area (TPSA) is 24.9 Å². The van der Waals surface area contributed by atoms with E-state index < -0.39 is 5.82 Å². The number of halogens is 4. The highest BCUT2D eigenvalue weighted by atomic mass is 79.9. The highest BCUT2D eigenvalue weighted by Gasteiger charge is 2.06. The maximum Gasteiger partial charge on any atom is 0.166 e. The van der Waals surface area contributed by atoms with Gasteiger partial charge < -0.3 is 5.32 Å². The molecule has 0 unspecified atom stereocenters. The highest BCUT2D eigenvalue weighted by molar-refractivity contribution is 9.10. The van der Waals surface area contributed by atoms with Crippen LogP contribution in [0.25, 0.3) is 0 Å². The molecule has 0 spiro atoms. The molecule has 94 valence electrons. The molecule has 0 aliphatic carbocycles. The number of nitrogens with one attached hydrogen (secondary N) is 1. The van der Waals surface area contributed by atoms with E-state index in [0.717, 1.165) is 10.5 Å². The lowest BCUT2D eigenvalue weighted by molar-refractivity contribution is 0.622. The van der Waals surface area contributed by atoms with Gasteiger partial charge in [-0.2, -0.15) is 0 Å². The van der Waals surface area contributed by atoms with Crippen molar-refractivity contribution in [2.45, 2.75) is 6.54 Å². The van der Waals surface area contributed by atoms with Crippen molar-refractivity contribution in [3.05, 3.63) is 57.2 Å². The van der Waals surface area contributed by atoms with Crippen LogP contribution in [-0.2, 0) is 6.54 Å². The van der Waals surface area contributed by atoms with Gasteiger partial charge in [-0.25, -0.2) is 13.8 Å². The predicted octanol–water partition coefficient (Wildman–Crippen LogP) is 4.39. The lowest BCUT2D eigenvalue weighted by atomic mass is 10.2. The number of pyridine rings is 1. The zero-order valence-electron chi connectivity index (χ0n) is 9.05. The summed E-state index contributed by atoms with van der Waals surface area (Å²) in [5.41, 5.74) is 0.672. The minimum Gasteiger partial charge on any atom is -0.364 e. The van der Waals surface area contributed by atoms with E-state index in [9.17, 15) is 8.78 Å². The van der Waals surface area contributed by atoms with Gasteiger partial charge in [0.1, 0.15) is 5.82 Å². The Labute approximate surface area is 116 Å². The molecule has 1 aromatic heterocycles. The molecular weight excluding hydrogens is 325 g/mol. The van der Waals surface area contributed by atoms with Crippen LogP contribution in [0, 0.1) is 11.6 Å². The molecular formula is C12H8BrClF2N2. The Morgan fingerprint density at radius 1 is 1.28 bits per heavy atom. The van der Waals surface area contributed by atoms with Gasteiger partial charge in [-0.05, 0) is 29.8 Å². The van der Waals surface area contributed by atoms with E-state index in [1.54, 1.807) is 6.07 Å². The Balaban J connectivity index is 2.13. The fraction of sp³-hybridized carbons (Fsp3) is 0.0833. The molecule has 0 amide bonds. The molecule has 0 bridgehead atoms. The number of benzene rings is 1. The first kappa shape index (κ1) is 13.2. The van der Waals surface area contributed by atoms with E-state index in [2.05, 4.69) is 26.2 Å². The van der Waals surface area contributed by atoms with E-state index in [-0.39, 0.29) is 23.2 Å². The third kappa shape index (κ3) is 3.17. The molecule has 0 aliphatic heterocycles. The molecule has 0 aliphatic rings. The van der Waals surface area contributed by atoms with Crippen LogP contribution in [0.15, 0.2) is 34.9 Å². The SMILES string of the molecule is Fc1ccc(Br)c(CNc2ncc(Cl)cc2F)c1. The summed E-state index contributed by atoms with van der Waals surface area (Å²) in [6, 6.07) is 5.47. The number of hydrogen-bond donors (Lipinski definition) is 1. The fourth-order valence-electron chi connectivity index (χ4n) is 1.40. The van der Waals surface area contributed by atoms with Crippen LogP contribution >= 0.6 is 27.5 Å². The van der Waals surface area contributed by atoms with Crippen molar-refractivity contribution in [3.8, 4) is 0 Å². The summed E-state index contributed by atoms with van der Waals surface area (Å²) in [7, 11) is 0. The number of aromatic nitrogens is 1. The van der Waals surface area contributed by atoms with Gasteiger partial charge in [0.05, 0.1) is 5.02 Å². The van der Waals surface area contributed by atoms with E-state index in [1.807, 2.05) is 0 Å². The molecule has 2 rings (SSSR count). The largest absolute Gasteiger partial charge is 0.364 e. The fourth-order valence-corrected chi connectivity index (χ4v) is 1.93. The second-order valence-electron chi connectivity index (χ2n) is 3.57. The van der Waals surface area contributed by atoms with Crippen molar-refractivity contribution in [1.29, 1.82) is 0 Å². The number of rotatable bonds is 3. The van der Waals surface area contributed by atoms with Crippen LogP contribution in [0.1, 0.15) is 5.56 Å². The normalized spacial score (nSPS) is 10.4. The summed E-state index contributed by atoms with van der Waals surface area (Å²) < 4.78 is 27.2. The van der Waals surface area contributed by atoms with E-state index >= 15 is 0 Å². The molecule has 6 heteroatoms. The van der Waals surface area contributed by atoms with Crippen LogP contribution in [-0.4, -0.2) is 4.98 Å². The molecule has 1 N–H and O–H groups in total. The van der Waals surface area contributed by atoms with Crippen molar-refractivity contribution in [1.82, 2.24) is 4.98 Å². The van der Waals surface area contributed by atoms with Crippen LogP contribution in [0.3, 0.4) is 0 Å². The number of hydrogen-bond acceptors (Lipinski definition) is 2. The van der Waals surface area contributed by atoms with E-state index in [1.165, 1.54) is 18.3 Å². The van der Waals surface area contributed by atoms with Crippen LogP contribution in [0.2, 0.25) is 5.02 Å². The average Bonchev–Trinajstić information content (AvgIpc) is 2.32. The summed E-state index contributed by atoms with van der Waals surface area (Å²) in [6.07, 6.45) is 1.34. The molecule has 1 aromatic carbocycles. The molecule has 0 saturated heterocycles. The smallest absolute Gasteiger partial charge is 0.166 e. The van der Waals surface area contributed by atoms with Crippen LogP contribution < -0.4 is 5.32 Å². The van der Waals surface area contributed by atoms with Gasteiger partial charge in [0.2, 0.25) is 0 Å². The molecule has 18 heavy (non-hydrogen) atoms. The Kier molecular flexibility index (Phi) is 4.14. The van der Waals surface area contributed by atoms with Gasteiger partial charge in [-0.3, -0.25) is 0 Å². The molecule has 0 fully saturated rings. The third-order valence-electron chi connectivity index (χ3n) is 2.26. The summed E-state index contributed by atoms with van der Waals surface area (Å²) in [4.78, 5) is 3.82. The lowest BCUT2D eigenvalue weighted by Gasteiger charge is -2.08. The Morgan fingerprint density at radius 2 is 2.06 bits per heavy atom. The quantitative estimate of drug-likeness (QED) is 0.901. The van der Waals surface area contributed by atoms with E-state index in [4.69, 9.17) is 11.6 Å². The van der Waals surface area contributed by atoms with Crippen molar-refractivity contribution >= 4 is 33.3 Å². The van der Waals surface area contributed by atoms with E-state index in [0.29, 0.717) is 5.56 Å². The monoisotopic (exact) mass is 332 g/mol. The van der Waals surface area contributed by atoms with Gasteiger partial charge in [-0.1, -0.05) is 27.5 Å². The van der Waals surface area contributed by atoms with Crippen molar-refractivity contribution in [2.75, 3.05) is 5.32 Å². The molecule has 0 atom stereocenters. The second kappa shape index (κ2) is 5.63. The number of nitrogens with zero attached hydrogens (tertiary/aromatic N) is 1. The summed E-state index contributed by atoms with van der Waals surface area (Å²) in [5.74, 6) is -0.815. The molecule has 2 aromatic rings. The minimum absolute atomic E-state index is 0.0792. The number of anilines is 1.